The molecule has 7 aromatic rings. The van der Waals surface area contributed by atoms with Gasteiger partial charge in [-0.05, 0) is 247 Å². The summed E-state index contributed by atoms with van der Waals surface area (Å²) in [7, 11) is 91.7. The number of aromatic nitrogens is 4. The molecule has 0 radical (unpaired) electrons. The number of rotatable bonds is 33. The topological polar surface area (TPSA) is 139 Å². The van der Waals surface area contributed by atoms with Gasteiger partial charge >= 0.3 is 0 Å². The molecule has 0 amide bonds. The van der Waals surface area contributed by atoms with Gasteiger partial charge in [-0.25, -0.2) is 19.9 Å². The molecule has 598 valence electrons. The molecule has 0 bridgehead atoms. The summed E-state index contributed by atoms with van der Waals surface area (Å²) in [4.78, 5) is 41.1. The number of carbonyl (C=O) groups is 2. The minimum absolute atomic E-state index is 0. The van der Waals surface area contributed by atoms with E-state index in [1.165, 1.54) is 11.9 Å². The number of aromatic hydroxyl groups is 1. The molecule has 0 spiro atoms. The number of nitrogens with one attached hydrogen (secondary N) is 2. The van der Waals surface area contributed by atoms with E-state index in [9.17, 15) is 14.7 Å². The first-order valence-electron chi connectivity index (χ1n) is 30.4. The first-order valence-corrected chi connectivity index (χ1v) is 123. The molecule has 2 heterocycles. The number of Topliss-reactive ketones (excluding diaryl/α,β-unsaturated/α-hetero) is 2. The highest BCUT2D eigenvalue weighted by molar-refractivity contribution is 9.52. The highest BCUT2D eigenvalue weighted by Gasteiger charge is 2.59. The molecule has 30 atom stereocenters. The van der Waals surface area contributed by atoms with Crippen LogP contribution in [0.15, 0.2) is 128 Å². The van der Waals surface area contributed by atoms with Gasteiger partial charge in [0.2, 0.25) is 0 Å². The Morgan fingerprint density at radius 1 is 0.394 bits per heavy atom. The van der Waals surface area contributed by atoms with Crippen LogP contribution < -0.4 is 15.4 Å². The van der Waals surface area contributed by atoms with E-state index in [1.807, 2.05) is 110 Å². The molecule has 10 nitrogen and oxygen atoms in total. The van der Waals surface area contributed by atoms with Gasteiger partial charge in [-0.3, -0.25) is 9.59 Å². The standard InChI is InChI=1S/C27H23N3O2.C20H17N3O2.CH4.H53P51/c1-18-7-9-20(10-8-18)25-26(32-16-19-5-3-2-4-6-19)27(29-17-28-25)30-22-12-13-23-21(15-22)11-14-24(23)31;1-12-2-4-13(5-3-12)18-19(25)20(22-11-21-18)23-15-7-8-16-14(10-15)6-9-17(16)24;;1-27-40(26)47(41(28(2)3)29(4)5)50(46(38(22)23)39(24)25)51(48(42(30(6)7)31(8)9)43(32(10)11)33(12)13)49(44(34(14)15)35(16)17)45(36(18)19)37(20)21/h2-10,12-13,15,17H,11,14,16H2,1H3,(H,28,29,30);2-5,7-8,10-11,25H,6,9H2,1H3,(H,21,22,23);1H4;27H,1-26H2. The van der Waals surface area contributed by atoms with Crippen LogP contribution in [0, 0.1) is 13.8 Å². The third-order valence-corrected chi connectivity index (χ3v) is 367. The van der Waals surface area contributed by atoms with Gasteiger partial charge in [0.05, 0.1) is 0 Å². The Balaban J connectivity index is 0.000000271. The highest BCUT2D eigenvalue weighted by atomic mass is 33.6. The summed E-state index contributed by atoms with van der Waals surface area (Å²) in [6.07, 6.45) is 5.65. The van der Waals surface area contributed by atoms with Crippen LogP contribution >= 0.6 is 408 Å². The predicted molar refractivity (Wildman–Crippen MR) is 655 cm³/mol. The van der Waals surface area contributed by atoms with Gasteiger partial charge in [-0.2, -0.15) is 0 Å². The molecule has 9 rings (SSSR count). The first-order chi connectivity index (χ1) is 51.0. The van der Waals surface area contributed by atoms with E-state index in [2.05, 4.69) is 282 Å². The Kier molecular flexibility index (Phi) is 59.4. The van der Waals surface area contributed by atoms with Crippen molar-refractivity contribution >= 4 is 442 Å². The number of carbonyl (C=O) groups excluding carboxylic acids is 2. The van der Waals surface area contributed by atoms with Crippen LogP contribution in [0.3, 0.4) is 0 Å². The minimum atomic E-state index is -0.200. The summed E-state index contributed by atoms with van der Waals surface area (Å²) in [6, 6.07) is 37.4. The van der Waals surface area contributed by atoms with Crippen LogP contribution in [0.2, 0.25) is 0 Å². The van der Waals surface area contributed by atoms with Gasteiger partial charge in [-0.15, -0.1) is 232 Å². The summed E-state index contributed by atoms with van der Waals surface area (Å²) in [6.45, 7) is 0.648. The zero-order chi connectivity index (χ0) is 79.9. The molecule has 2 aliphatic rings. The van der Waals surface area contributed by atoms with Gasteiger partial charge in [0.15, 0.2) is 34.7 Å². The molecule has 3 N–H and O–H groups in total. The predicted octanol–water partition coefficient (Wildman–Crippen LogP) is 40.3. The van der Waals surface area contributed by atoms with Crippen LogP contribution in [0.25, 0.3) is 22.5 Å². The maximum absolute atomic E-state index is 12.0. The zero-order valence-corrected chi connectivity index (χ0v) is 110. The van der Waals surface area contributed by atoms with E-state index >= 15 is 0 Å². The molecule has 30 unspecified atom stereocenters. The number of aryl methyl sites for hydroxylation is 4. The monoisotopic (exact) mass is 2400 g/mol. The third kappa shape index (κ3) is 33.9. The summed E-state index contributed by atoms with van der Waals surface area (Å²) in [5, 5.41) is 17.1. The average molecular weight is 2400 g/mol. The summed E-state index contributed by atoms with van der Waals surface area (Å²) >= 11 is 0. The van der Waals surface area contributed by atoms with Crippen molar-refractivity contribution in [2.75, 3.05) is 10.6 Å². The van der Waals surface area contributed by atoms with E-state index < -0.39 is 0 Å². The van der Waals surface area contributed by atoms with Crippen LogP contribution in [0.4, 0.5) is 23.0 Å². The SMILES string of the molecule is C.Cc1ccc(-c2ncnc(Nc3ccc4c(c3)CCC4=O)c2O)cc1.Cc1ccc(-c2ncnc(Nc3ccc4c(c3)CCC4=O)c2OCc2ccccc2)cc1.PPP(P)P(P(P(P)P)P(P)P)P(P(P(P)P)P(P)P)P(P(P(P(P)P)P(P)P)P(P(P)P)P(P)P)P(P(P(P)P)P(P)P)P(P(P)P)P(P)P. The second kappa shape index (κ2) is 57.6. The number of hydrogen-bond acceptors (Lipinski definition) is 10. The molecular weight excluding hydrogens is 2300 g/mol. The lowest BCUT2D eigenvalue weighted by molar-refractivity contribution is 0.0986. The van der Waals surface area contributed by atoms with Gasteiger partial charge in [0.1, 0.15) is 30.6 Å². The second-order valence-corrected chi connectivity index (χ2v) is 230. The summed E-state index contributed by atoms with van der Waals surface area (Å²) < 4.78 is 6.28. The van der Waals surface area contributed by atoms with E-state index in [0.29, 0.717) is 42.5 Å². The number of nitrogens with zero attached hydrogens (tertiary/aromatic N) is 4. The van der Waals surface area contributed by atoms with Gasteiger partial charge < -0.3 is 20.5 Å². The number of benzene rings is 5. The van der Waals surface area contributed by atoms with E-state index in [0.717, 1.165) is 82.4 Å². The molecule has 109 heavy (non-hydrogen) atoms. The van der Waals surface area contributed by atoms with Crippen molar-refractivity contribution in [1.29, 1.82) is 0 Å². The van der Waals surface area contributed by atoms with Crippen LogP contribution in [-0.2, 0) is 19.4 Å². The minimum Gasteiger partial charge on any atom is -0.503 e. The first kappa shape index (κ1) is 112. The van der Waals surface area contributed by atoms with Crippen LogP contribution in [0.1, 0.15) is 68.8 Å². The lowest BCUT2D eigenvalue weighted by Gasteiger charge is -2.58. The van der Waals surface area contributed by atoms with Crippen molar-refractivity contribution in [2.24, 2.45) is 0 Å². The smallest absolute Gasteiger partial charge is 0.188 e. The van der Waals surface area contributed by atoms with E-state index in [-0.39, 0.29) is 192 Å². The van der Waals surface area contributed by atoms with E-state index in [4.69, 9.17) is 4.74 Å². The molecule has 0 saturated heterocycles. The summed E-state index contributed by atoms with van der Waals surface area (Å²) in [5.74, 6) is 1.93. The quantitative estimate of drug-likeness (QED) is 0.0341. The molecule has 5 aromatic carbocycles. The second-order valence-electron chi connectivity index (χ2n) is 22.2. The Labute approximate surface area is 738 Å². The lowest BCUT2D eigenvalue weighted by atomic mass is 10.1. The highest BCUT2D eigenvalue weighted by Crippen LogP contribution is 3.46. The maximum Gasteiger partial charge on any atom is 0.188 e. The van der Waals surface area contributed by atoms with Crippen molar-refractivity contribution in [2.45, 2.75) is 53.6 Å². The number of ketones is 2. The van der Waals surface area contributed by atoms with Gasteiger partial charge in [0.25, 0.3) is 0 Å². The average Bonchev–Trinajstić information content (AvgIpc) is 1.36. The molecular formula is C48H97N6O4P51. The fourth-order valence-electron chi connectivity index (χ4n) is 9.96. The van der Waals surface area contributed by atoms with Crippen molar-refractivity contribution < 1.29 is 19.4 Å². The molecule has 2 aromatic heterocycles. The molecule has 0 saturated carbocycles. The Bertz CT molecular complexity index is 3890. The van der Waals surface area contributed by atoms with Crippen LogP contribution in [0.5, 0.6) is 11.5 Å². The fraction of sp³-hybridized carbons (Fsp3) is 0.167. The lowest BCUT2D eigenvalue weighted by Crippen LogP contribution is -2.04. The van der Waals surface area contributed by atoms with Gasteiger partial charge in [-0.1, -0.05) is 105 Å². The van der Waals surface area contributed by atoms with Crippen molar-refractivity contribution in [3.8, 4) is 34.0 Å². The van der Waals surface area contributed by atoms with Crippen molar-refractivity contribution in [3.05, 3.63) is 167 Å². The number of hydrogen-bond donors (Lipinski definition) is 3. The number of anilines is 4. The Morgan fingerprint density at radius 2 is 0.716 bits per heavy atom. The largest absolute Gasteiger partial charge is 0.503 e. The van der Waals surface area contributed by atoms with Gasteiger partial charge in [0, 0.05) is 46.5 Å². The number of ether oxygens (including phenoxy) is 1. The molecule has 61 heteroatoms. The zero-order valence-electron chi connectivity index (χ0n) is 57.9. The van der Waals surface area contributed by atoms with E-state index in [1.54, 1.807) is 6.33 Å². The summed E-state index contributed by atoms with van der Waals surface area (Å²) in [5.41, 5.74) is 11.8. The maximum atomic E-state index is 12.0. The fourth-order valence-corrected chi connectivity index (χ4v) is 731. The Hall–Kier alpha value is 14.7. The molecule has 0 aliphatic heterocycles. The van der Waals surface area contributed by atoms with Crippen molar-refractivity contribution in [3.63, 3.8) is 0 Å². The molecule has 2 aliphatic carbocycles. The molecule has 0 fully saturated rings. The van der Waals surface area contributed by atoms with Crippen LogP contribution in [-0.4, -0.2) is 36.6 Å². The normalized spacial score (nSPS) is 14.2. The number of fused-ring (bicyclic) bond motifs is 2. The third-order valence-electron chi connectivity index (χ3n) is 14.5. The van der Waals surface area contributed by atoms with Crippen molar-refractivity contribution in [1.82, 2.24) is 19.9 Å². The Morgan fingerprint density at radius 3 is 1.08 bits per heavy atom.